The van der Waals surface area contributed by atoms with E-state index < -0.39 is 5.72 Å². The predicted octanol–water partition coefficient (Wildman–Crippen LogP) is 3.90. The fourth-order valence-corrected chi connectivity index (χ4v) is 3.43. The molecule has 1 fully saturated rings. The summed E-state index contributed by atoms with van der Waals surface area (Å²) in [5.41, 5.74) is 1.17. The molecule has 2 aliphatic rings. The van der Waals surface area contributed by atoms with Crippen LogP contribution in [0.3, 0.4) is 0 Å². The van der Waals surface area contributed by atoms with Crippen LogP contribution in [0, 0.1) is 12.7 Å². The van der Waals surface area contributed by atoms with Gasteiger partial charge in [-0.15, -0.1) is 0 Å². The van der Waals surface area contributed by atoms with E-state index in [4.69, 9.17) is 4.74 Å². The first-order chi connectivity index (χ1) is 11.0. The molecule has 2 aromatic carbocycles. The van der Waals surface area contributed by atoms with E-state index in [1.807, 2.05) is 31.2 Å². The fourth-order valence-electron chi connectivity index (χ4n) is 3.43. The molecular weight excluding hydrogens is 295 g/mol. The molecule has 2 atom stereocenters. The quantitative estimate of drug-likeness (QED) is 0.867. The summed E-state index contributed by atoms with van der Waals surface area (Å²) < 4.78 is 20.1. The number of urea groups is 1. The zero-order valence-electron chi connectivity index (χ0n) is 13.0. The molecule has 2 aromatic rings. The van der Waals surface area contributed by atoms with Gasteiger partial charge in [-0.3, -0.25) is 4.90 Å². The number of carbonyl (C=O) groups excluding carboxylic acids is 1. The number of aryl methyl sites for hydroxylation is 1. The lowest BCUT2D eigenvalue weighted by Crippen LogP contribution is -2.65. The average Bonchev–Trinajstić information content (AvgIpc) is 2.50. The number of nitrogens with zero attached hydrogens (tertiary/aromatic N) is 1. The number of para-hydroxylation sites is 1. The van der Waals surface area contributed by atoms with Crippen molar-refractivity contribution in [3.8, 4) is 5.75 Å². The van der Waals surface area contributed by atoms with E-state index in [9.17, 15) is 9.18 Å². The second-order valence-electron chi connectivity index (χ2n) is 6.29. The van der Waals surface area contributed by atoms with Crippen molar-refractivity contribution < 1.29 is 13.9 Å². The van der Waals surface area contributed by atoms with E-state index in [2.05, 4.69) is 5.32 Å². The Morgan fingerprint density at radius 2 is 2.09 bits per heavy atom. The van der Waals surface area contributed by atoms with Crippen LogP contribution in [0.4, 0.5) is 14.9 Å². The summed E-state index contributed by atoms with van der Waals surface area (Å²) in [6, 6.07) is 12.1. The first kappa shape index (κ1) is 14.1. The van der Waals surface area contributed by atoms with Crippen molar-refractivity contribution in [2.75, 3.05) is 4.90 Å². The summed E-state index contributed by atoms with van der Waals surface area (Å²) in [6.07, 6.45) is 0.602. The largest absolute Gasteiger partial charge is 0.467 e. The summed E-state index contributed by atoms with van der Waals surface area (Å²) in [4.78, 5) is 14.1. The highest BCUT2D eigenvalue weighted by Gasteiger charge is 2.49. The molecule has 118 valence electrons. The molecule has 0 radical (unpaired) electrons. The Morgan fingerprint density at radius 1 is 1.30 bits per heavy atom. The molecule has 1 saturated heterocycles. The molecule has 0 aromatic heterocycles. The number of anilines is 1. The summed E-state index contributed by atoms with van der Waals surface area (Å²) in [5.74, 6) is 0.418. The third-order valence-corrected chi connectivity index (χ3v) is 4.59. The van der Waals surface area contributed by atoms with Gasteiger partial charge in [-0.2, -0.15) is 0 Å². The highest BCUT2D eigenvalue weighted by atomic mass is 19.1. The standard InChI is InChI=1S/C18H17FN2O2/c1-11-7-8-12(9-14(11)19)21-17(22)20-15-10-18(21,2)23-16-6-4-3-5-13(15)16/h3-9,15H,10H2,1-2H3,(H,20,22)/t15-,18-/m1/s1. The lowest BCUT2D eigenvalue weighted by atomic mass is 9.90. The SMILES string of the molecule is Cc1ccc(N2C(=O)N[C@@H]3C[C@@]2(C)Oc2ccccc23)cc1F. The number of benzene rings is 2. The van der Waals surface area contributed by atoms with Crippen molar-refractivity contribution >= 4 is 11.7 Å². The van der Waals surface area contributed by atoms with Crippen molar-refractivity contribution in [1.82, 2.24) is 5.32 Å². The Morgan fingerprint density at radius 3 is 2.87 bits per heavy atom. The van der Waals surface area contributed by atoms with Crippen molar-refractivity contribution in [3.63, 3.8) is 0 Å². The van der Waals surface area contributed by atoms with E-state index in [0.29, 0.717) is 17.7 Å². The number of nitrogens with one attached hydrogen (secondary N) is 1. The summed E-state index contributed by atoms with van der Waals surface area (Å²) in [6.45, 7) is 3.56. The lowest BCUT2D eigenvalue weighted by molar-refractivity contribution is 0.0378. The van der Waals surface area contributed by atoms with Gasteiger partial charge in [0.25, 0.3) is 0 Å². The highest BCUT2D eigenvalue weighted by molar-refractivity contribution is 5.94. The number of fused-ring (bicyclic) bond motifs is 4. The zero-order valence-corrected chi connectivity index (χ0v) is 13.0. The molecule has 2 aliphatic heterocycles. The molecule has 0 unspecified atom stereocenters. The molecule has 4 nitrogen and oxygen atoms in total. The minimum atomic E-state index is -0.844. The van der Waals surface area contributed by atoms with Crippen LogP contribution in [0.15, 0.2) is 42.5 Å². The third kappa shape index (κ3) is 2.07. The summed E-state index contributed by atoms with van der Waals surface area (Å²) in [7, 11) is 0. The zero-order chi connectivity index (χ0) is 16.2. The molecule has 2 heterocycles. The predicted molar refractivity (Wildman–Crippen MR) is 85.0 cm³/mol. The van der Waals surface area contributed by atoms with E-state index >= 15 is 0 Å². The van der Waals surface area contributed by atoms with E-state index in [1.165, 1.54) is 11.0 Å². The van der Waals surface area contributed by atoms with Crippen molar-refractivity contribution in [2.24, 2.45) is 0 Å². The normalized spacial score (nSPS) is 25.4. The van der Waals surface area contributed by atoms with Crippen LogP contribution in [0.5, 0.6) is 5.75 Å². The van der Waals surface area contributed by atoms with Gasteiger partial charge in [0.15, 0.2) is 5.72 Å². The maximum atomic E-state index is 13.9. The van der Waals surface area contributed by atoms with Crippen LogP contribution in [-0.2, 0) is 0 Å². The second kappa shape index (κ2) is 4.72. The number of hydrogen-bond acceptors (Lipinski definition) is 2. The average molecular weight is 312 g/mol. The molecular formula is C18H17FN2O2. The van der Waals surface area contributed by atoms with Gasteiger partial charge in [-0.25, -0.2) is 9.18 Å². The van der Waals surface area contributed by atoms with E-state index in [1.54, 1.807) is 19.1 Å². The molecule has 0 aliphatic carbocycles. The van der Waals surface area contributed by atoms with E-state index in [0.717, 1.165) is 11.3 Å². The van der Waals surface area contributed by atoms with Crippen LogP contribution in [0.2, 0.25) is 0 Å². The molecule has 2 amide bonds. The van der Waals surface area contributed by atoms with E-state index in [-0.39, 0.29) is 17.9 Å². The molecule has 23 heavy (non-hydrogen) atoms. The smallest absolute Gasteiger partial charge is 0.325 e. The van der Waals surface area contributed by atoms with Crippen LogP contribution >= 0.6 is 0 Å². The molecule has 0 spiro atoms. The lowest BCUT2D eigenvalue weighted by Gasteiger charge is -2.50. The van der Waals surface area contributed by atoms with Gasteiger partial charge in [-0.1, -0.05) is 24.3 Å². The topological polar surface area (TPSA) is 41.6 Å². The number of hydrogen-bond donors (Lipinski definition) is 1. The number of rotatable bonds is 1. The Kier molecular flexibility index (Phi) is 2.88. The number of carbonyl (C=O) groups is 1. The van der Waals surface area contributed by atoms with Gasteiger partial charge in [0.05, 0.1) is 11.7 Å². The van der Waals surface area contributed by atoms with Crippen molar-refractivity contribution in [3.05, 3.63) is 59.4 Å². The first-order valence-electron chi connectivity index (χ1n) is 7.63. The Hall–Kier alpha value is -2.56. The maximum absolute atomic E-state index is 13.9. The molecule has 5 heteroatoms. The van der Waals surface area contributed by atoms with Gasteiger partial charge in [-0.05, 0) is 37.6 Å². The molecule has 1 N–H and O–H groups in total. The van der Waals surface area contributed by atoms with Crippen molar-refractivity contribution in [2.45, 2.75) is 32.0 Å². The third-order valence-electron chi connectivity index (χ3n) is 4.59. The number of halogens is 1. The van der Waals surface area contributed by atoms with Gasteiger partial charge in [0, 0.05) is 12.0 Å². The van der Waals surface area contributed by atoms with Crippen LogP contribution in [0.25, 0.3) is 0 Å². The van der Waals surface area contributed by atoms with Gasteiger partial charge >= 0.3 is 6.03 Å². The Bertz CT molecular complexity index is 807. The van der Waals surface area contributed by atoms with Gasteiger partial charge in [0.2, 0.25) is 0 Å². The molecule has 2 bridgehead atoms. The minimum Gasteiger partial charge on any atom is -0.467 e. The fraction of sp³-hybridized carbons (Fsp3) is 0.278. The first-order valence-corrected chi connectivity index (χ1v) is 7.63. The monoisotopic (exact) mass is 312 g/mol. The molecule has 0 saturated carbocycles. The van der Waals surface area contributed by atoms with Gasteiger partial charge in [0.1, 0.15) is 11.6 Å². The van der Waals surface area contributed by atoms with Crippen molar-refractivity contribution in [1.29, 1.82) is 0 Å². The molecule has 4 rings (SSSR count). The highest BCUT2D eigenvalue weighted by Crippen LogP contribution is 2.45. The summed E-state index contributed by atoms with van der Waals surface area (Å²) >= 11 is 0. The minimum absolute atomic E-state index is 0.0935. The van der Waals surface area contributed by atoms with Crippen LogP contribution in [-0.4, -0.2) is 11.8 Å². The Labute approximate surface area is 133 Å². The Balaban J connectivity index is 1.81. The summed E-state index contributed by atoms with van der Waals surface area (Å²) in [5, 5.41) is 3.00. The van der Waals surface area contributed by atoms with Gasteiger partial charge < -0.3 is 10.1 Å². The maximum Gasteiger partial charge on any atom is 0.325 e. The van der Waals surface area contributed by atoms with Crippen LogP contribution in [0.1, 0.15) is 30.5 Å². The number of amides is 2. The van der Waals surface area contributed by atoms with Crippen LogP contribution < -0.4 is 15.0 Å². The second-order valence-corrected chi connectivity index (χ2v) is 6.29. The number of ether oxygens (including phenoxy) is 1.